The molecule has 0 heterocycles. The van der Waals surface area contributed by atoms with Crippen molar-refractivity contribution in [2.75, 3.05) is 7.11 Å². The summed E-state index contributed by atoms with van der Waals surface area (Å²) in [6.45, 7) is 0. The molecule has 0 saturated heterocycles. The third kappa shape index (κ3) is 2.24. The number of halogens is 1. The van der Waals surface area contributed by atoms with Gasteiger partial charge in [0.05, 0.1) is 18.1 Å². The number of carbonyl (C=O) groups is 1. The number of nitro groups is 1. The molecule has 0 saturated carbocycles. The number of nitrogens with zero attached hydrogens (tertiary/aromatic N) is 1. The number of nitro benzene ring substituents is 1. The third-order valence-corrected chi connectivity index (χ3v) is 2.31. The first-order chi connectivity index (χ1) is 6.97. The molecule has 0 spiro atoms. The molecule has 1 aromatic rings. The summed E-state index contributed by atoms with van der Waals surface area (Å²) >= 11 is 2.94. The molecule has 0 unspecified atom stereocenters. The first-order valence-corrected chi connectivity index (χ1v) is 4.52. The number of rotatable bonds is 3. The number of carboxylic acids is 1. The van der Waals surface area contributed by atoms with Crippen LogP contribution < -0.4 is 4.74 Å². The Morgan fingerprint density at radius 1 is 1.60 bits per heavy atom. The number of benzene rings is 1. The van der Waals surface area contributed by atoms with Gasteiger partial charge in [-0.3, -0.25) is 10.1 Å². The normalized spacial score (nSPS) is 9.73. The SMILES string of the molecule is COc1cc([N+](=O)[O-])cc(Br)c1C(=O)O. The Morgan fingerprint density at radius 3 is 2.60 bits per heavy atom. The minimum atomic E-state index is -1.21. The Kier molecular flexibility index (Phi) is 3.25. The van der Waals surface area contributed by atoms with Gasteiger partial charge in [-0.15, -0.1) is 0 Å². The Balaban J connectivity index is 3.43. The largest absolute Gasteiger partial charge is 0.496 e. The van der Waals surface area contributed by atoms with Crippen molar-refractivity contribution in [1.29, 1.82) is 0 Å². The molecule has 0 fully saturated rings. The van der Waals surface area contributed by atoms with Gasteiger partial charge >= 0.3 is 5.97 Å². The number of non-ortho nitro benzene ring substituents is 1. The number of hydrogen-bond donors (Lipinski definition) is 1. The molecule has 1 aromatic carbocycles. The highest BCUT2D eigenvalue weighted by atomic mass is 79.9. The van der Waals surface area contributed by atoms with E-state index in [0.29, 0.717) is 0 Å². The fourth-order valence-corrected chi connectivity index (χ4v) is 1.64. The Morgan fingerprint density at radius 2 is 2.20 bits per heavy atom. The predicted molar refractivity (Wildman–Crippen MR) is 54.3 cm³/mol. The molecule has 0 aromatic heterocycles. The minimum absolute atomic E-state index is 0.0522. The molecular formula is C8H6BrNO5. The number of methoxy groups -OCH3 is 1. The van der Waals surface area contributed by atoms with E-state index in [1.165, 1.54) is 7.11 Å². The van der Waals surface area contributed by atoms with Gasteiger partial charge in [0, 0.05) is 10.5 Å². The summed E-state index contributed by atoms with van der Waals surface area (Å²) in [6, 6.07) is 2.18. The average Bonchev–Trinajstić information content (AvgIpc) is 2.15. The van der Waals surface area contributed by atoms with Crippen molar-refractivity contribution < 1.29 is 19.6 Å². The molecule has 0 amide bonds. The van der Waals surface area contributed by atoms with Crippen LogP contribution in [0.4, 0.5) is 5.69 Å². The maximum atomic E-state index is 10.8. The van der Waals surface area contributed by atoms with Crippen LogP contribution in [-0.4, -0.2) is 23.1 Å². The van der Waals surface area contributed by atoms with E-state index in [1.54, 1.807) is 0 Å². The predicted octanol–water partition coefficient (Wildman–Crippen LogP) is 2.06. The van der Waals surface area contributed by atoms with Crippen LogP contribution in [-0.2, 0) is 0 Å². The van der Waals surface area contributed by atoms with E-state index < -0.39 is 10.9 Å². The molecule has 0 radical (unpaired) electrons. The van der Waals surface area contributed by atoms with Crippen LogP contribution in [0.5, 0.6) is 5.75 Å². The van der Waals surface area contributed by atoms with E-state index in [4.69, 9.17) is 9.84 Å². The summed E-state index contributed by atoms with van der Waals surface area (Å²) in [4.78, 5) is 20.7. The Labute approximate surface area is 92.8 Å². The maximum absolute atomic E-state index is 10.8. The van der Waals surface area contributed by atoms with Gasteiger partial charge in [-0.1, -0.05) is 0 Å². The third-order valence-electron chi connectivity index (χ3n) is 1.68. The Hall–Kier alpha value is -1.63. The van der Waals surface area contributed by atoms with E-state index in [-0.39, 0.29) is 21.5 Å². The molecule has 1 N–H and O–H groups in total. The quantitative estimate of drug-likeness (QED) is 0.674. The fourth-order valence-electron chi connectivity index (χ4n) is 1.04. The lowest BCUT2D eigenvalue weighted by Crippen LogP contribution is -2.03. The molecule has 0 aliphatic heterocycles. The molecule has 0 bridgehead atoms. The highest BCUT2D eigenvalue weighted by molar-refractivity contribution is 9.10. The highest BCUT2D eigenvalue weighted by Gasteiger charge is 2.20. The van der Waals surface area contributed by atoms with E-state index in [9.17, 15) is 14.9 Å². The van der Waals surface area contributed by atoms with Gasteiger partial charge in [0.2, 0.25) is 0 Å². The molecule has 6 nitrogen and oxygen atoms in total. The lowest BCUT2D eigenvalue weighted by Gasteiger charge is -2.06. The fraction of sp³-hybridized carbons (Fsp3) is 0.125. The molecule has 0 aliphatic carbocycles. The van der Waals surface area contributed by atoms with Gasteiger partial charge in [0.15, 0.2) is 0 Å². The van der Waals surface area contributed by atoms with Gasteiger partial charge in [-0.25, -0.2) is 4.79 Å². The summed E-state index contributed by atoms with van der Waals surface area (Å²) in [5.41, 5.74) is -0.369. The van der Waals surface area contributed by atoms with Gasteiger partial charge in [0.25, 0.3) is 5.69 Å². The van der Waals surface area contributed by atoms with Crippen LogP contribution in [0.1, 0.15) is 10.4 Å². The number of hydrogen-bond acceptors (Lipinski definition) is 4. The average molecular weight is 276 g/mol. The summed E-state index contributed by atoms with van der Waals surface area (Å²) in [6.07, 6.45) is 0. The molecule has 80 valence electrons. The zero-order chi connectivity index (χ0) is 11.6. The number of ether oxygens (including phenoxy) is 1. The summed E-state index contributed by atoms with van der Waals surface area (Å²) in [5.74, 6) is -1.27. The highest BCUT2D eigenvalue weighted by Crippen LogP contribution is 2.32. The maximum Gasteiger partial charge on any atom is 0.340 e. The van der Waals surface area contributed by atoms with Crippen LogP contribution in [0, 0.1) is 10.1 Å². The first kappa shape index (κ1) is 11.4. The summed E-state index contributed by atoms with van der Waals surface area (Å²) in [7, 11) is 1.25. The topological polar surface area (TPSA) is 89.7 Å². The minimum Gasteiger partial charge on any atom is -0.496 e. The molecule has 15 heavy (non-hydrogen) atoms. The van der Waals surface area contributed by atoms with E-state index >= 15 is 0 Å². The van der Waals surface area contributed by atoms with Crippen molar-refractivity contribution in [2.45, 2.75) is 0 Å². The number of carboxylic acid groups (broad SMARTS) is 1. The summed E-state index contributed by atoms with van der Waals surface area (Å²) < 4.78 is 4.88. The van der Waals surface area contributed by atoms with Crippen LogP contribution in [0.3, 0.4) is 0 Å². The van der Waals surface area contributed by atoms with E-state index in [0.717, 1.165) is 12.1 Å². The second-order valence-electron chi connectivity index (χ2n) is 2.57. The van der Waals surface area contributed by atoms with Crippen molar-refractivity contribution in [3.63, 3.8) is 0 Å². The van der Waals surface area contributed by atoms with Gasteiger partial charge in [-0.05, 0) is 15.9 Å². The second kappa shape index (κ2) is 4.26. The lowest BCUT2D eigenvalue weighted by molar-refractivity contribution is -0.385. The van der Waals surface area contributed by atoms with Crippen molar-refractivity contribution in [1.82, 2.24) is 0 Å². The van der Waals surface area contributed by atoms with Crippen molar-refractivity contribution in [2.24, 2.45) is 0 Å². The van der Waals surface area contributed by atoms with Crippen molar-refractivity contribution in [3.8, 4) is 5.75 Å². The molecular weight excluding hydrogens is 270 g/mol. The van der Waals surface area contributed by atoms with Crippen LogP contribution in [0.15, 0.2) is 16.6 Å². The van der Waals surface area contributed by atoms with Crippen molar-refractivity contribution >= 4 is 27.6 Å². The van der Waals surface area contributed by atoms with Crippen molar-refractivity contribution in [3.05, 3.63) is 32.3 Å². The summed E-state index contributed by atoms with van der Waals surface area (Å²) in [5, 5.41) is 19.3. The molecule has 0 atom stereocenters. The Bertz CT molecular complexity index is 431. The zero-order valence-electron chi connectivity index (χ0n) is 7.56. The van der Waals surface area contributed by atoms with E-state index in [2.05, 4.69) is 15.9 Å². The molecule has 0 aliphatic rings. The smallest absolute Gasteiger partial charge is 0.340 e. The molecule has 7 heteroatoms. The number of aromatic carboxylic acids is 1. The van der Waals surface area contributed by atoms with Crippen LogP contribution in [0.25, 0.3) is 0 Å². The molecule has 1 rings (SSSR count). The monoisotopic (exact) mass is 275 g/mol. The lowest BCUT2D eigenvalue weighted by atomic mass is 10.2. The standard InChI is InChI=1S/C8H6BrNO5/c1-15-6-3-4(10(13)14)2-5(9)7(6)8(11)12/h2-3H,1H3,(H,11,12). The van der Waals surface area contributed by atoms with Gasteiger partial charge in [0.1, 0.15) is 11.3 Å². The second-order valence-corrected chi connectivity index (χ2v) is 3.42. The van der Waals surface area contributed by atoms with Gasteiger partial charge in [-0.2, -0.15) is 0 Å². The zero-order valence-corrected chi connectivity index (χ0v) is 9.15. The first-order valence-electron chi connectivity index (χ1n) is 3.72. The van der Waals surface area contributed by atoms with Crippen LogP contribution >= 0.6 is 15.9 Å². The van der Waals surface area contributed by atoms with Crippen LogP contribution in [0.2, 0.25) is 0 Å². The van der Waals surface area contributed by atoms with E-state index in [1.807, 2.05) is 0 Å². The van der Waals surface area contributed by atoms with Gasteiger partial charge < -0.3 is 9.84 Å².